The molecule has 0 bridgehead atoms. The first-order valence-electron chi connectivity index (χ1n) is 6.76. The zero-order valence-electron chi connectivity index (χ0n) is 12.3. The number of rotatable bonds is 4. The summed E-state index contributed by atoms with van der Waals surface area (Å²) in [5.74, 6) is -0.666. The van der Waals surface area contributed by atoms with Crippen molar-refractivity contribution in [2.45, 2.75) is 13.0 Å². The summed E-state index contributed by atoms with van der Waals surface area (Å²) in [6.07, 6.45) is 0. The van der Waals surface area contributed by atoms with Crippen LogP contribution in [0.1, 0.15) is 39.2 Å². The van der Waals surface area contributed by atoms with E-state index < -0.39 is 5.97 Å². The van der Waals surface area contributed by atoms with Crippen LogP contribution in [0.3, 0.4) is 0 Å². The van der Waals surface area contributed by atoms with Crippen LogP contribution in [0.15, 0.2) is 48.5 Å². The van der Waals surface area contributed by atoms with Crippen LogP contribution in [0.4, 0.5) is 0 Å². The number of methoxy groups -OCH3 is 1. The van der Waals surface area contributed by atoms with Crippen molar-refractivity contribution in [3.8, 4) is 0 Å². The molecule has 1 atom stereocenters. The van der Waals surface area contributed by atoms with E-state index >= 15 is 0 Å². The lowest BCUT2D eigenvalue weighted by atomic mass is 10.1. The average Bonchev–Trinajstić information content (AvgIpc) is 2.54. The Hall–Kier alpha value is -2.33. The third-order valence-electron chi connectivity index (χ3n) is 3.29. The molecule has 0 heterocycles. The molecule has 114 valence electrons. The Morgan fingerprint density at radius 3 is 2.23 bits per heavy atom. The molecule has 0 radical (unpaired) electrons. The number of esters is 1. The van der Waals surface area contributed by atoms with Gasteiger partial charge in [-0.25, -0.2) is 4.79 Å². The highest BCUT2D eigenvalue weighted by Gasteiger charge is 2.14. The van der Waals surface area contributed by atoms with Gasteiger partial charge in [0.1, 0.15) is 0 Å². The maximum Gasteiger partial charge on any atom is 0.337 e. The first-order valence-corrected chi connectivity index (χ1v) is 7.14. The highest BCUT2D eigenvalue weighted by atomic mass is 35.5. The normalized spacial score (nSPS) is 11.6. The molecule has 0 aliphatic rings. The van der Waals surface area contributed by atoms with Crippen molar-refractivity contribution in [3.63, 3.8) is 0 Å². The second-order valence-electron chi connectivity index (χ2n) is 4.79. The molecule has 0 spiro atoms. The van der Waals surface area contributed by atoms with Gasteiger partial charge in [-0.2, -0.15) is 0 Å². The standard InChI is InChI=1S/C17H16ClNO3/c1-11(14-5-3-4-6-15(14)18)19-16(20)12-7-9-13(10-8-12)17(21)22-2/h3-11H,1-2H3,(H,19,20). The minimum atomic E-state index is -0.434. The van der Waals surface area contributed by atoms with Gasteiger partial charge >= 0.3 is 5.97 Å². The summed E-state index contributed by atoms with van der Waals surface area (Å²) in [4.78, 5) is 23.6. The summed E-state index contributed by atoms with van der Waals surface area (Å²) < 4.78 is 4.62. The van der Waals surface area contributed by atoms with E-state index in [-0.39, 0.29) is 11.9 Å². The molecule has 1 amide bonds. The maximum atomic E-state index is 12.2. The lowest BCUT2D eigenvalue weighted by molar-refractivity contribution is 0.0600. The van der Waals surface area contributed by atoms with E-state index in [2.05, 4.69) is 10.1 Å². The van der Waals surface area contributed by atoms with E-state index in [1.165, 1.54) is 7.11 Å². The Labute approximate surface area is 134 Å². The minimum absolute atomic E-state index is 0.221. The van der Waals surface area contributed by atoms with Crippen LogP contribution in [-0.4, -0.2) is 19.0 Å². The van der Waals surface area contributed by atoms with Crippen LogP contribution in [0, 0.1) is 0 Å². The number of halogens is 1. The van der Waals surface area contributed by atoms with Gasteiger partial charge in [0.15, 0.2) is 0 Å². The molecule has 0 saturated heterocycles. The monoisotopic (exact) mass is 317 g/mol. The number of hydrogen-bond acceptors (Lipinski definition) is 3. The Balaban J connectivity index is 2.09. The fourth-order valence-corrected chi connectivity index (χ4v) is 2.36. The third-order valence-corrected chi connectivity index (χ3v) is 3.63. The molecule has 22 heavy (non-hydrogen) atoms. The first kappa shape index (κ1) is 16.0. The molecule has 2 rings (SSSR count). The predicted molar refractivity (Wildman–Crippen MR) is 85.1 cm³/mol. The van der Waals surface area contributed by atoms with Gasteiger partial charge in [-0.3, -0.25) is 4.79 Å². The quantitative estimate of drug-likeness (QED) is 0.876. The SMILES string of the molecule is COC(=O)c1ccc(C(=O)NC(C)c2ccccc2Cl)cc1. The number of benzene rings is 2. The fraction of sp³-hybridized carbons (Fsp3) is 0.176. The lowest BCUT2D eigenvalue weighted by Gasteiger charge is -2.15. The van der Waals surface area contributed by atoms with E-state index in [1.54, 1.807) is 30.3 Å². The summed E-state index contributed by atoms with van der Waals surface area (Å²) >= 11 is 6.12. The molecule has 1 N–H and O–H groups in total. The van der Waals surface area contributed by atoms with E-state index in [0.717, 1.165) is 5.56 Å². The van der Waals surface area contributed by atoms with Crippen LogP contribution in [0.25, 0.3) is 0 Å². The number of hydrogen-bond donors (Lipinski definition) is 1. The van der Waals surface area contributed by atoms with Gasteiger partial charge in [0, 0.05) is 10.6 Å². The van der Waals surface area contributed by atoms with Crippen molar-refractivity contribution in [1.82, 2.24) is 5.32 Å². The topological polar surface area (TPSA) is 55.4 Å². The smallest absolute Gasteiger partial charge is 0.337 e. The molecule has 4 nitrogen and oxygen atoms in total. The van der Waals surface area contributed by atoms with Crippen molar-refractivity contribution in [2.75, 3.05) is 7.11 Å². The summed E-state index contributed by atoms with van der Waals surface area (Å²) in [5, 5.41) is 3.48. The predicted octanol–water partition coefficient (Wildman–Crippen LogP) is 3.62. The van der Waals surface area contributed by atoms with E-state index in [9.17, 15) is 9.59 Å². The van der Waals surface area contributed by atoms with Crippen molar-refractivity contribution in [2.24, 2.45) is 0 Å². The van der Waals surface area contributed by atoms with Crippen LogP contribution in [-0.2, 0) is 4.74 Å². The number of nitrogens with one attached hydrogen (secondary N) is 1. The molecular weight excluding hydrogens is 302 g/mol. The number of carbonyl (C=O) groups is 2. The molecule has 0 aromatic heterocycles. The van der Waals surface area contributed by atoms with Crippen molar-refractivity contribution >= 4 is 23.5 Å². The van der Waals surface area contributed by atoms with Crippen molar-refractivity contribution in [3.05, 3.63) is 70.2 Å². The summed E-state index contributed by atoms with van der Waals surface area (Å²) in [5.41, 5.74) is 1.72. The molecular formula is C17H16ClNO3. The largest absolute Gasteiger partial charge is 0.465 e. The Bertz CT molecular complexity index is 683. The van der Waals surface area contributed by atoms with Crippen LogP contribution >= 0.6 is 11.6 Å². The van der Waals surface area contributed by atoms with Crippen LogP contribution in [0.2, 0.25) is 5.02 Å². The summed E-state index contributed by atoms with van der Waals surface area (Å²) in [6.45, 7) is 1.86. The van der Waals surface area contributed by atoms with Gasteiger partial charge in [0.05, 0.1) is 18.7 Å². The zero-order valence-corrected chi connectivity index (χ0v) is 13.1. The second-order valence-corrected chi connectivity index (χ2v) is 5.19. The van der Waals surface area contributed by atoms with E-state index in [1.807, 2.05) is 25.1 Å². The Morgan fingerprint density at radius 1 is 1.05 bits per heavy atom. The molecule has 2 aromatic carbocycles. The Kier molecular flexibility index (Phi) is 5.17. The second kappa shape index (κ2) is 7.09. The molecule has 1 unspecified atom stereocenters. The molecule has 0 aliphatic carbocycles. The Morgan fingerprint density at radius 2 is 1.64 bits per heavy atom. The van der Waals surface area contributed by atoms with Gasteiger partial charge in [0.25, 0.3) is 5.91 Å². The molecule has 0 saturated carbocycles. The summed E-state index contributed by atoms with van der Waals surface area (Å²) in [7, 11) is 1.31. The maximum absolute atomic E-state index is 12.2. The lowest BCUT2D eigenvalue weighted by Crippen LogP contribution is -2.26. The van der Waals surface area contributed by atoms with Gasteiger partial charge in [-0.1, -0.05) is 29.8 Å². The van der Waals surface area contributed by atoms with E-state index in [4.69, 9.17) is 11.6 Å². The number of ether oxygens (including phenoxy) is 1. The van der Waals surface area contributed by atoms with Gasteiger partial charge in [0.2, 0.25) is 0 Å². The minimum Gasteiger partial charge on any atom is -0.465 e. The average molecular weight is 318 g/mol. The zero-order chi connectivity index (χ0) is 16.1. The first-order chi connectivity index (χ1) is 10.5. The number of amides is 1. The fourth-order valence-electron chi connectivity index (χ4n) is 2.06. The van der Waals surface area contributed by atoms with Crippen LogP contribution < -0.4 is 5.32 Å². The van der Waals surface area contributed by atoms with Crippen molar-refractivity contribution in [1.29, 1.82) is 0 Å². The van der Waals surface area contributed by atoms with Gasteiger partial charge in [-0.05, 0) is 42.8 Å². The van der Waals surface area contributed by atoms with Gasteiger partial charge < -0.3 is 10.1 Å². The van der Waals surface area contributed by atoms with E-state index in [0.29, 0.717) is 16.1 Å². The molecule has 0 aliphatic heterocycles. The third kappa shape index (κ3) is 3.65. The molecule has 0 fully saturated rings. The number of carbonyl (C=O) groups excluding carboxylic acids is 2. The van der Waals surface area contributed by atoms with Crippen molar-refractivity contribution < 1.29 is 14.3 Å². The molecule has 2 aromatic rings. The highest BCUT2D eigenvalue weighted by Crippen LogP contribution is 2.22. The van der Waals surface area contributed by atoms with Gasteiger partial charge in [-0.15, -0.1) is 0 Å². The highest BCUT2D eigenvalue weighted by molar-refractivity contribution is 6.31. The summed E-state index contributed by atoms with van der Waals surface area (Å²) in [6, 6.07) is 13.4. The van der Waals surface area contributed by atoms with Crippen LogP contribution in [0.5, 0.6) is 0 Å². The molecule has 5 heteroatoms.